The van der Waals surface area contributed by atoms with Gasteiger partial charge in [-0.15, -0.1) is 0 Å². The number of nitrogens with one attached hydrogen (secondary N) is 1. The highest BCUT2D eigenvalue weighted by Crippen LogP contribution is 2.23. The molecule has 0 saturated heterocycles. The van der Waals surface area contributed by atoms with Gasteiger partial charge in [-0.05, 0) is 54.8 Å². The van der Waals surface area contributed by atoms with E-state index in [1.54, 1.807) is 6.07 Å². The quantitative estimate of drug-likeness (QED) is 0.812. The summed E-state index contributed by atoms with van der Waals surface area (Å²) in [5.74, 6) is 0. The Morgan fingerprint density at radius 2 is 1.78 bits per heavy atom. The van der Waals surface area contributed by atoms with E-state index in [0.29, 0.717) is 11.6 Å². The molecule has 0 spiro atoms. The summed E-state index contributed by atoms with van der Waals surface area (Å²) in [5.41, 5.74) is 4.59. The van der Waals surface area contributed by atoms with Crippen molar-refractivity contribution in [3.05, 3.63) is 63.1 Å². The van der Waals surface area contributed by atoms with E-state index in [-0.39, 0.29) is 0 Å². The van der Waals surface area contributed by atoms with Gasteiger partial charge < -0.3 is 5.32 Å². The molecule has 18 heavy (non-hydrogen) atoms. The van der Waals surface area contributed by atoms with Gasteiger partial charge in [-0.25, -0.2) is 0 Å². The maximum absolute atomic E-state index is 6.13. The monoisotopic (exact) mass is 279 g/mol. The number of anilines is 1. The van der Waals surface area contributed by atoms with Crippen molar-refractivity contribution in [2.45, 2.75) is 20.4 Å². The molecule has 0 aliphatic heterocycles. The molecular formula is C15H15Cl2N. The van der Waals surface area contributed by atoms with Crippen LogP contribution in [0.4, 0.5) is 5.69 Å². The molecule has 0 saturated carbocycles. The van der Waals surface area contributed by atoms with Crippen LogP contribution in [0.5, 0.6) is 0 Å². The lowest BCUT2D eigenvalue weighted by Crippen LogP contribution is -2.02. The molecule has 0 bridgehead atoms. The Hall–Kier alpha value is -1.18. The predicted molar refractivity (Wildman–Crippen MR) is 79.7 cm³/mol. The lowest BCUT2D eigenvalue weighted by Gasteiger charge is -2.11. The SMILES string of the molecule is Cc1ccc(C)c(NCc2cc(Cl)ccc2Cl)c1. The van der Waals surface area contributed by atoms with Crippen molar-refractivity contribution < 1.29 is 0 Å². The molecule has 94 valence electrons. The van der Waals surface area contributed by atoms with Crippen LogP contribution in [-0.4, -0.2) is 0 Å². The fraction of sp³-hybridized carbons (Fsp3) is 0.200. The molecule has 2 aromatic carbocycles. The molecule has 0 aromatic heterocycles. The van der Waals surface area contributed by atoms with Gasteiger partial charge in [0.1, 0.15) is 0 Å². The summed E-state index contributed by atoms with van der Waals surface area (Å²) >= 11 is 12.1. The first-order valence-corrected chi connectivity index (χ1v) is 6.57. The molecule has 0 atom stereocenters. The second kappa shape index (κ2) is 5.64. The van der Waals surface area contributed by atoms with E-state index in [0.717, 1.165) is 16.3 Å². The van der Waals surface area contributed by atoms with Crippen molar-refractivity contribution in [1.82, 2.24) is 0 Å². The topological polar surface area (TPSA) is 12.0 Å². The average Bonchev–Trinajstić information content (AvgIpc) is 2.34. The van der Waals surface area contributed by atoms with Crippen molar-refractivity contribution in [2.75, 3.05) is 5.32 Å². The highest BCUT2D eigenvalue weighted by atomic mass is 35.5. The van der Waals surface area contributed by atoms with Crippen LogP contribution in [-0.2, 0) is 6.54 Å². The van der Waals surface area contributed by atoms with Gasteiger partial charge >= 0.3 is 0 Å². The first kappa shape index (κ1) is 13.3. The van der Waals surface area contributed by atoms with Crippen LogP contribution in [0.3, 0.4) is 0 Å². The Labute approximate surface area is 118 Å². The normalized spacial score (nSPS) is 10.4. The summed E-state index contributed by atoms with van der Waals surface area (Å²) in [6, 6.07) is 11.9. The van der Waals surface area contributed by atoms with Crippen molar-refractivity contribution in [3.8, 4) is 0 Å². The lowest BCUT2D eigenvalue weighted by molar-refractivity contribution is 1.14. The van der Waals surface area contributed by atoms with Gasteiger partial charge in [0.25, 0.3) is 0 Å². The second-order valence-electron chi connectivity index (χ2n) is 4.41. The minimum absolute atomic E-state index is 0.670. The van der Waals surface area contributed by atoms with Crippen molar-refractivity contribution in [1.29, 1.82) is 0 Å². The minimum Gasteiger partial charge on any atom is -0.381 e. The lowest BCUT2D eigenvalue weighted by atomic mass is 10.1. The zero-order valence-corrected chi connectivity index (χ0v) is 11.9. The molecule has 1 nitrogen and oxygen atoms in total. The summed E-state index contributed by atoms with van der Waals surface area (Å²) in [5, 5.41) is 4.83. The summed E-state index contributed by atoms with van der Waals surface area (Å²) < 4.78 is 0. The van der Waals surface area contributed by atoms with E-state index in [4.69, 9.17) is 23.2 Å². The fourth-order valence-corrected chi connectivity index (χ4v) is 2.17. The van der Waals surface area contributed by atoms with E-state index in [1.807, 2.05) is 12.1 Å². The van der Waals surface area contributed by atoms with Crippen molar-refractivity contribution in [2.24, 2.45) is 0 Å². The molecule has 0 aliphatic carbocycles. The van der Waals surface area contributed by atoms with Gasteiger partial charge in [-0.3, -0.25) is 0 Å². The van der Waals surface area contributed by atoms with Crippen LogP contribution in [0.25, 0.3) is 0 Å². The van der Waals surface area contributed by atoms with Crippen LogP contribution in [0, 0.1) is 13.8 Å². The Kier molecular flexibility index (Phi) is 4.15. The third-order valence-corrected chi connectivity index (χ3v) is 3.47. The first-order valence-electron chi connectivity index (χ1n) is 5.81. The number of aryl methyl sites for hydroxylation is 2. The number of hydrogen-bond donors (Lipinski definition) is 1. The molecule has 0 amide bonds. The van der Waals surface area contributed by atoms with Crippen LogP contribution in [0.1, 0.15) is 16.7 Å². The summed E-state index contributed by atoms with van der Waals surface area (Å²) in [7, 11) is 0. The predicted octanol–water partition coefficient (Wildman–Crippen LogP) is 5.22. The van der Waals surface area contributed by atoms with Crippen molar-refractivity contribution in [3.63, 3.8) is 0 Å². The third-order valence-electron chi connectivity index (χ3n) is 2.87. The summed E-state index contributed by atoms with van der Waals surface area (Å²) in [4.78, 5) is 0. The second-order valence-corrected chi connectivity index (χ2v) is 5.25. The molecule has 3 heteroatoms. The molecule has 0 radical (unpaired) electrons. The summed E-state index contributed by atoms with van der Waals surface area (Å²) in [6.45, 7) is 4.84. The molecule has 0 fully saturated rings. The minimum atomic E-state index is 0.670. The number of halogens is 2. The van der Waals surface area contributed by atoms with Crippen LogP contribution in [0.2, 0.25) is 10.0 Å². The van der Waals surface area contributed by atoms with Crippen LogP contribution in [0.15, 0.2) is 36.4 Å². The molecule has 2 aromatic rings. The average molecular weight is 280 g/mol. The van der Waals surface area contributed by atoms with Gasteiger partial charge in [-0.1, -0.05) is 35.3 Å². The number of benzene rings is 2. The molecular weight excluding hydrogens is 265 g/mol. The number of rotatable bonds is 3. The van der Waals surface area contributed by atoms with E-state index >= 15 is 0 Å². The standard InChI is InChI=1S/C15H15Cl2N/c1-10-3-4-11(2)15(7-10)18-9-12-8-13(16)5-6-14(12)17/h3-8,18H,9H2,1-2H3. The van der Waals surface area contributed by atoms with Crippen molar-refractivity contribution >= 4 is 28.9 Å². The van der Waals surface area contributed by atoms with Gasteiger partial charge in [0.2, 0.25) is 0 Å². The Morgan fingerprint density at radius 3 is 2.56 bits per heavy atom. The molecule has 0 heterocycles. The van der Waals surface area contributed by atoms with Gasteiger partial charge in [-0.2, -0.15) is 0 Å². The Morgan fingerprint density at radius 1 is 1.00 bits per heavy atom. The van der Waals surface area contributed by atoms with E-state index in [9.17, 15) is 0 Å². The maximum Gasteiger partial charge on any atom is 0.0456 e. The van der Waals surface area contributed by atoms with E-state index < -0.39 is 0 Å². The highest BCUT2D eigenvalue weighted by molar-refractivity contribution is 6.33. The van der Waals surface area contributed by atoms with Gasteiger partial charge in [0.05, 0.1) is 0 Å². The Bertz CT molecular complexity index is 513. The zero-order chi connectivity index (χ0) is 13.1. The van der Waals surface area contributed by atoms with Crippen LogP contribution >= 0.6 is 23.2 Å². The zero-order valence-electron chi connectivity index (χ0n) is 10.4. The molecule has 1 N–H and O–H groups in total. The smallest absolute Gasteiger partial charge is 0.0456 e. The third kappa shape index (κ3) is 3.18. The van der Waals surface area contributed by atoms with Crippen LogP contribution < -0.4 is 5.32 Å². The first-order chi connectivity index (χ1) is 8.56. The highest BCUT2D eigenvalue weighted by Gasteiger charge is 2.03. The molecule has 0 unspecified atom stereocenters. The largest absolute Gasteiger partial charge is 0.381 e. The van der Waals surface area contributed by atoms with Gasteiger partial charge in [0, 0.05) is 22.3 Å². The fourth-order valence-electron chi connectivity index (χ4n) is 1.80. The Balaban J connectivity index is 2.16. The molecule has 0 aliphatic rings. The summed E-state index contributed by atoms with van der Waals surface area (Å²) in [6.07, 6.45) is 0. The molecule has 2 rings (SSSR count). The van der Waals surface area contributed by atoms with Gasteiger partial charge in [0.15, 0.2) is 0 Å². The van der Waals surface area contributed by atoms with E-state index in [1.165, 1.54) is 11.1 Å². The maximum atomic E-state index is 6.13. The van der Waals surface area contributed by atoms with E-state index in [2.05, 4.69) is 37.4 Å². The number of hydrogen-bond acceptors (Lipinski definition) is 1.